The summed E-state index contributed by atoms with van der Waals surface area (Å²) >= 11 is 3.15. The minimum Gasteiger partial charge on any atom is -0.508 e. The van der Waals surface area contributed by atoms with Crippen LogP contribution in [0.25, 0.3) is 0 Å². The van der Waals surface area contributed by atoms with Crippen LogP contribution >= 0.6 is 34.0 Å². The highest BCUT2D eigenvalue weighted by atomic mass is 32.2. The van der Waals surface area contributed by atoms with Crippen molar-refractivity contribution in [3.8, 4) is 51.7 Å². The molecule has 3 heterocycles. The van der Waals surface area contributed by atoms with Crippen molar-refractivity contribution in [2.24, 2.45) is 0 Å². The summed E-state index contributed by atoms with van der Waals surface area (Å²) in [5.74, 6) is 1.50. The molecule has 0 aliphatic heterocycles. The van der Waals surface area contributed by atoms with Crippen LogP contribution in [-0.4, -0.2) is 89.4 Å². The number of anilines is 3. The number of aryl methyl sites for hydroxylation is 3. The van der Waals surface area contributed by atoms with Crippen molar-refractivity contribution < 1.29 is 103 Å². The molecule has 550 valence electrons. The Morgan fingerprint density at radius 3 is 1.14 bits per heavy atom. The first kappa shape index (κ1) is 79.3. The number of aromatic nitrogens is 6. The predicted octanol–water partition coefficient (Wildman–Crippen LogP) is 16.3. The number of alkyl halides is 9. The van der Waals surface area contributed by atoms with E-state index < -0.39 is 71.1 Å². The van der Waals surface area contributed by atoms with Gasteiger partial charge in [0.2, 0.25) is 15.4 Å². The number of sulfonamides is 3. The molecule has 0 atom stereocenters. The first-order chi connectivity index (χ1) is 49.0. The Bertz CT molecular complexity index is 5010. The lowest BCUT2D eigenvalue weighted by atomic mass is 10.1. The first-order valence-corrected chi connectivity index (χ1v) is 36.4. The van der Waals surface area contributed by atoms with Crippen molar-refractivity contribution >= 4 is 79.5 Å². The number of hydrogen-bond acceptors (Lipinski definition) is 22. The number of nitrogens with one attached hydrogen (secondary N) is 1. The molecule has 38 heteroatoms. The summed E-state index contributed by atoms with van der Waals surface area (Å²) in [5.41, 5.74) is 4.08. The maximum absolute atomic E-state index is 13.7. The molecule has 0 saturated heterocycles. The van der Waals surface area contributed by atoms with Gasteiger partial charge in [0.25, 0.3) is 30.1 Å². The van der Waals surface area contributed by atoms with Crippen LogP contribution in [0.5, 0.6) is 51.7 Å². The smallest absolute Gasteiger partial charge is 0.416 e. The number of phenolic OH excluding ortho intramolecular Hbond substituents is 1. The molecule has 0 saturated carbocycles. The largest absolute Gasteiger partial charge is 0.508 e. The molecule has 0 aliphatic rings. The maximum Gasteiger partial charge on any atom is 0.416 e. The van der Waals surface area contributed by atoms with Gasteiger partial charge in [0.15, 0.2) is 0 Å². The zero-order valence-corrected chi connectivity index (χ0v) is 59.8. The highest BCUT2D eigenvalue weighted by molar-refractivity contribution is 7.93. The van der Waals surface area contributed by atoms with Gasteiger partial charge in [-0.3, -0.25) is 4.72 Å². The lowest BCUT2D eigenvalue weighted by Crippen LogP contribution is -2.30. The van der Waals surface area contributed by atoms with Crippen LogP contribution in [0.4, 0.5) is 59.3 Å². The third kappa shape index (κ3) is 21.4. The van der Waals surface area contributed by atoms with Gasteiger partial charge in [-0.05, 0) is 189 Å². The van der Waals surface area contributed by atoms with E-state index in [9.17, 15) is 69.2 Å². The van der Waals surface area contributed by atoms with E-state index in [1.54, 1.807) is 36.4 Å². The van der Waals surface area contributed by atoms with Crippen LogP contribution in [-0.2, 0) is 61.7 Å². The number of hydrogen-bond donors (Lipinski definition) is 2. The lowest BCUT2D eigenvalue weighted by molar-refractivity contribution is -0.138. The molecule has 104 heavy (non-hydrogen) atoms. The van der Waals surface area contributed by atoms with Crippen LogP contribution in [0.15, 0.2) is 195 Å². The second-order valence-electron chi connectivity index (χ2n) is 21.4. The van der Waals surface area contributed by atoms with Crippen LogP contribution in [0.2, 0.25) is 0 Å². The fraction of sp³-hybridized carbons (Fsp3) is 0.182. The zero-order valence-electron chi connectivity index (χ0n) is 54.9. The lowest BCUT2D eigenvalue weighted by Gasteiger charge is -2.22. The minimum atomic E-state index is -4.53. The van der Waals surface area contributed by atoms with Gasteiger partial charge in [0, 0.05) is 23.3 Å². The SMILES string of the molecule is COc1ccc(CN(c2nncs2)S(=O)(=O)c2ccc(F)cc2)c(OC)c1.COc1ccc(CN(c2nncs2)S(=O)(=O)c2ccc(Oc3cc(C)cc(C(F)(F)F)c3)cc2)c(OC)c1.Cc1cc(O)cc(C(F)(F)F)c1.Cc1cc(Oc2ccc(S(=O)(=O)Nc3nncs3)cc2)cc(C(F)(F)F)c1. The summed E-state index contributed by atoms with van der Waals surface area (Å²) in [7, 11) is -5.99. The predicted molar refractivity (Wildman–Crippen MR) is 366 cm³/mol. The maximum atomic E-state index is 13.7. The third-order valence-corrected chi connectivity index (χ3v) is 21.1. The molecular formula is C66H57F10N9O13S6. The Kier molecular flexibility index (Phi) is 25.8. The van der Waals surface area contributed by atoms with Gasteiger partial charge in [-0.15, -0.1) is 30.6 Å². The molecule has 0 spiro atoms. The average molecular weight is 1570 g/mol. The van der Waals surface area contributed by atoms with Gasteiger partial charge in [0.05, 0.1) is 72.9 Å². The van der Waals surface area contributed by atoms with Gasteiger partial charge in [-0.25, -0.2) is 38.3 Å². The minimum absolute atomic E-state index is 0.00455. The molecule has 0 bridgehead atoms. The monoisotopic (exact) mass is 1570 g/mol. The fourth-order valence-corrected chi connectivity index (χ4v) is 15.1. The van der Waals surface area contributed by atoms with Crippen molar-refractivity contribution in [1.82, 2.24) is 30.6 Å². The van der Waals surface area contributed by atoms with Crippen molar-refractivity contribution in [1.29, 1.82) is 0 Å². The van der Waals surface area contributed by atoms with Crippen molar-refractivity contribution in [3.05, 3.63) is 231 Å². The van der Waals surface area contributed by atoms with E-state index in [1.807, 2.05) is 0 Å². The third-order valence-electron chi connectivity index (χ3n) is 13.9. The van der Waals surface area contributed by atoms with E-state index in [0.29, 0.717) is 56.9 Å². The zero-order chi connectivity index (χ0) is 76.0. The molecule has 0 fully saturated rings. The van der Waals surface area contributed by atoms with Crippen molar-refractivity contribution in [2.75, 3.05) is 41.8 Å². The normalized spacial score (nSPS) is 11.7. The van der Waals surface area contributed by atoms with E-state index in [4.69, 9.17) is 33.5 Å². The number of halogens is 10. The second-order valence-corrected chi connectivity index (χ2v) is 29.3. The van der Waals surface area contributed by atoms with Gasteiger partial charge in [-0.2, -0.15) is 39.5 Å². The molecule has 0 aliphatic carbocycles. The number of methoxy groups -OCH3 is 4. The number of rotatable bonds is 21. The summed E-state index contributed by atoms with van der Waals surface area (Å²) in [6.07, 6.45) is -13.4. The molecule has 0 unspecified atom stereocenters. The topological polar surface area (TPSA) is 274 Å². The fourth-order valence-electron chi connectivity index (χ4n) is 9.10. The average Bonchev–Trinajstić information content (AvgIpc) is 1.70. The number of nitrogens with zero attached hydrogens (tertiary/aromatic N) is 8. The highest BCUT2D eigenvalue weighted by Gasteiger charge is 2.35. The van der Waals surface area contributed by atoms with E-state index in [0.717, 1.165) is 85.1 Å². The molecule has 0 amide bonds. The summed E-state index contributed by atoms with van der Waals surface area (Å²) in [6, 6.07) is 35.0. The van der Waals surface area contributed by atoms with Crippen LogP contribution < -0.4 is 41.8 Å². The molecule has 11 aromatic rings. The number of aromatic hydroxyl groups is 1. The second kappa shape index (κ2) is 33.8. The Morgan fingerprint density at radius 2 is 0.788 bits per heavy atom. The van der Waals surface area contributed by atoms with Gasteiger partial charge in [-0.1, -0.05) is 34.0 Å². The molecule has 11 rings (SSSR count). The Labute approximate surface area is 600 Å². The van der Waals surface area contributed by atoms with Crippen LogP contribution in [0.1, 0.15) is 44.5 Å². The van der Waals surface area contributed by atoms with E-state index in [1.165, 1.54) is 145 Å². The standard InChI is InChI=1S/C25H22F3N3O5S2.C17H16FN3O4S2.C16H12F3N3O3S2.C8H7F3O/c1-16-10-18(25(26,27)28)12-21(11-16)36-19-6-8-22(9-7-19)38(32,33)31(24-30-29-15-37-24)14-17-4-5-20(34-2)13-23(17)35-3;1-24-14-6-3-12(16(9-14)25-2)10-21(17-20-19-11-26-17)27(22,23)15-7-4-13(18)5-8-15;1-10-6-11(16(17,18)19)8-13(7-10)25-12-2-4-14(5-3-12)27(23,24)22-15-21-20-9-26-15;1-5-2-6(8(9,10)11)4-7(12)3-5/h4-13,15H,14H2,1-3H3;3-9,11H,10H2,1-2H3;2-9H,1H3,(H,21,22);2-4,12H,1H3. The molecule has 0 radical (unpaired) electrons. The Morgan fingerprint density at radius 1 is 0.423 bits per heavy atom. The van der Waals surface area contributed by atoms with E-state index in [2.05, 4.69) is 35.3 Å². The summed E-state index contributed by atoms with van der Waals surface area (Å²) in [5, 5.41) is 31.8. The van der Waals surface area contributed by atoms with E-state index >= 15 is 0 Å². The number of benzene rings is 8. The van der Waals surface area contributed by atoms with Gasteiger partial charge in [0.1, 0.15) is 74.1 Å². The summed E-state index contributed by atoms with van der Waals surface area (Å²) < 4.78 is 242. The number of phenols is 1. The quantitative estimate of drug-likeness (QED) is 0.0633. The molecule has 22 nitrogen and oxygen atoms in total. The van der Waals surface area contributed by atoms with Crippen molar-refractivity contribution in [2.45, 2.75) is 67.1 Å². The molecular weight excluding hydrogens is 1510 g/mol. The summed E-state index contributed by atoms with van der Waals surface area (Å²) in [4.78, 5) is -0.176. The van der Waals surface area contributed by atoms with Crippen LogP contribution in [0, 0.1) is 26.6 Å². The molecule has 2 N–H and O–H groups in total. The van der Waals surface area contributed by atoms with E-state index in [-0.39, 0.29) is 71.9 Å². The highest BCUT2D eigenvalue weighted by Crippen LogP contribution is 2.39. The Balaban J connectivity index is 0.000000186. The van der Waals surface area contributed by atoms with Crippen molar-refractivity contribution in [3.63, 3.8) is 0 Å². The summed E-state index contributed by atoms with van der Waals surface area (Å²) in [6.45, 7) is 4.40. The molecule has 3 aromatic heterocycles. The van der Waals surface area contributed by atoms with Gasteiger partial charge >= 0.3 is 18.5 Å². The Hall–Kier alpha value is -10.4. The first-order valence-electron chi connectivity index (χ1n) is 29.3. The molecule has 8 aromatic carbocycles. The number of ether oxygens (including phenoxy) is 6. The van der Waals surface area contributed by atoms with Crippen LogP contribution in [0.3, 0.4) is 0 Å². The van der Waals surface area contributed by atoms with Gasteiger partial charge < -0.3 is 33.5 Å².